The van der Waals surface area contributed by atoms with E-state index in [4.69, 9.17) is 0 Å². The molecule has 0 aliphatic carbocycles. The Morgan fingerprint density at radius 1 is 0.906 bits per heavy atom. The van der Waals surface area contributed by atoms with E-state index in [1.54, 1.807) is 12.1 Å². The van der Waals surface area contributed by atoms with E-state index in [1.807, 2.05) is 17.0 Å². The molecule has 0 bridgehead atoms. The van der Waals surface area contributed by atoms with Gasteiger partial charge in [0.2, 0.25) is 0 Å². The maximum Gasteiger partial charge on any atom is 0.317 e. The van der Waals surface area contributed by atoms with E-state index < -0.39 is 0 Å². The van der Waals surface area contributed by atoms with Gasteiger partial charge >= 0.3 is 6.03 Å². The summed E-state index contributed by atoms with van der Waals surface area (Å²) in [5, 5.41) is 12.5. The minimum Gasteiger partial charge on any atom is -0.508 e. The van der Waals surface area contributed by atoms with E-state index in [1.165, 1.54) is 11.1 Å². The second-order valence-corrected chi connectivity index (χ2v) is 8.66. The van der Waals surface area contributed by atoms with E-state index >= 15 is 0 Å². The minimum absolute atomic E-state index is 0.0266. The Labute approximate surface area is 191 Å². The highest BCUT2D eigenvalue weighted by molar-refractivity contribution is 5.76. The number of nitrogens with zero attached hydrogens (tertiary/aromatic N) is 3. The Hall–Kier alpha value is -2.83. The SMILES string of the molecule is O=C(NCCCN1CCN(Cc2ccccc2)CC1)N1CC=C(c2ccc(O)cc2)CC1. The number of piperazine rings is 1. The molecular formula is C26H34N4O2. The predicted molar refractivity (Wildman–Crippen MR) is 128 cm³/mol. The molecule has 4 rings (SSSR count). The quantitative estimate of drug-likeness (QED) is 0.656. The first kappa shape index (κ1) is 22.4. The standard InChI is InChI=1S/C26H34N4O2/c31-25-9-7-23(8-10-25)24-11-15-30(16-12-24)26(32)27-13-4-14-28-17-19-29(20-18-28)21-22-5-2-1-3-6-22/h1-3,5-11,31H,4,12-21H2,(H,27,32). The van der Waals surface area contributed by atoms with E-state index in [9.17, 15) is 9.90 Å². The summed E-state index contributed by atoms with van der Waals surface area (Å²) in [5.74, 6) is 0.278. The number of urea groups is 1. The van der Waals surface area contributed by atoms with Gasteiger partial charge in [-0.05, 0) is 48.2 Å². The molecule has 6 nitrogen and oxygen atoms in total. The highest BCUT2D eigenvalue weighted by Gasteiger charge is 2.19. The van der Waals surface area contributed by atoms with Crippen molar-refractivity contribution in [3.05, 3.63) is 71.8 Å². The number of rotatable bonds is 7. The zero-order valence-electron chi connectivity index (χ0n) is 18.7. The number of carbonyl (C=O) groups excluding carboxylic acids is 1. The highest BCUT2D eigenvalue weighted by atomic mass is 16.3. The Morgan fingerprint density at radius 3 is 2.31 bits per heavy atom. The zero-order chi connectivity index (χ0) is 22.2. The third kappa shape index (κ3) is 6.34. The van der Waals surface area contributed by atoms with Crippen LogP contribution in [0.25, 0.3) is 5.57 Å². The summed E-state index contributed by atoms with van der Waals surface area (Å²) in [5.41, 5.74) is 3.73. The maximum absolute atomic E-state index is 12.5. The molecule has 2 aliphatic rings. The Morgan fingerprint density at radius 2 is 1.62 bits per heavy atom. The Balaban J connectivity index is 1.10. The van der Waals surface area contributed by atoms with Crippen LogP contribution in [0.5, 0.6) is 5.75 Å². The minimum atomic E-state index is 0.0266. The monoisotopic (exact) mass is 434 g/mol. The van der Waals surface area contributed by atoms with Crippen molar-refractivity contribution < 1.29 is 9.90 Å². The lowest BCUT2D eigenvalue weighted by Gasteiger charge is -2.34. The van der Waals surface area contributed by atoms with Gasteiger partial charge in [0.15, 0.2) is 0 Å². The number of hydrogen-bond donors (Lipinski definition) is 2. The number of phenolic OH excluding ortho intramolecular Hbond substituents is 1. The lowest BCUT2D eigenvalue weighted by atomic mass is 9.99. The molecule has 170 valence electrons. The first-order chi connectivity index (χ1) is 15.7. The van der Waals surface area contributed by atoms with E-state index in [0.29, 0.717) is 13.1 Å². The lowest BCUT2D eigenvalue weighted by Crippen LogP contribution is -2.47. The van der Waals surface area contributed by atoms with Gasteiger partial charge in [0.05, 0.1) is 0 Å². The van der Waals surface area contributed by atoms with Crippen LogP contribution in [0, 0.1) is 0 Å². The fraction of sp³-hybridized carbons (Fsp3) is 0.423. The second-order valence-electron chi connectivity index (χ2n) is 8.66. The summed E-state index contributed by atoms with van der Waals surface area (Å²) in [4.78, 5) is 19.4. The molecule has 2 N–H and O–H groups in total. The van der Waals surface area contributed by atoms with Crippen molar-refractivity contribution in [2.75, 3.05) is 52.4 Å². The molecule has 0 saturated carbocycles. The number of phenols is 1. The summed E-state index contributed by atoms with van der Waals surface area (Å²) >= 11 is 0. The van der Waals surface area contributed by atoms with Gasteiger partial charge in [-0.25, -0.2) is 4.79 Å². The fourth-order valence-electron chi connectivity index (χ4n) is 4.41. The van der Waals surface area contributed by atoms with Crippen LogP contribution in [0.1, 0.15) is 24.0 Å². The zero-order valence-corrected chi connectivity index (χ0v) is 18.7. The third-order valence-corrected chi connectivity index (χ3v) is 6.38. The van der Waals surface area contributed by atoms with Gasteiger partial charge in [-0.15, -0.1) is 0 Å². The van der Waals surface area contributed by atoms with Crippen LogP contribution in [-0.4, -0.2) is 78.2 Å². The number of carbonyl (C=O) groups is 1. The molecule has 1 saturated heterocycles. The van der Waals surface area contributed by atoms with Gasteiger partial charge in [0, 0.05) is 52.4 Å². The molecule has 0 spiro atoms. The number of benzene rings is 2. The number of aromatic hydroxyl groups is 1. The summed E-state index contributed by atoms with van der Waals surface area (Å²) in [6.07, 6.45) is 3.93. The molecule has 32 heavy (non-hydrogen) atoms. The topological polar surface area (TPSA) is 59.1 Å². The predicted octanol–water partition coefficient (Wildman–Crippen LogP) is 3.40. The van der Waals surface area contributed by atoms with Gasteiger partial charge in [0.1, 0.15) is 5.75 Å². The molecule has 1 fully saturated rings. The number of nitrogens with one attached hydrogen (secondary N) is 1. The molecule has 2 aromatic rings. The molecule has 0 aromatic heterocycles. The highest BCUT2D eigenvalue weighted by Crippen LogP contribution is 2.24. The van der Waals surface area contributed by atoms with Crippen LogP contribution in [0.15, 0.2) is 60.7 Å². The van der Waals surface area contributed by atoms with Crippen LogP contribution in [0.3, 0.4) is 0 Å². The van der Waals surface area contributed by atoms with Gasteiger partial charge in [-0.1, -0.05) is 48.5 Å². The van der Waals surface area contributed by atoms with Gasteiger partial charge in [-0.3, -0.25) is 4.90 Å². The van der Waals surface area contributed by atoms with E-state index in [0.717, 1.165) is 64.2 Å². The first-order valence-corrected chi connectivity index (χ1v) is 11.7. The van der Waals surface area contributed by atoms with Crippen molar-refractivity contribution in [3.8, 4) is 5.75 Å². The summed E-state index contributed by atoms with van der Waals surface area (Å²) in [6, 6.07) is 18.0. The second kappa shape index (κ2) is 11.2. The largest absolute Gasteiger partial charge is 0.508 e. The Bertz CT molecular complexity index is 890. The van der Waals surface area contributed by atoms with Crippen LogP contribution >= 0.6 is 0 Å². The van der Waals surface area contributed by atoms with Crippen molar-refractivity contribution in [1.29, 1.82) is 0 Å². The average molecular weight is 435 g/mol. The smallest absolute Gasteiger partial charge is 0.317 e. The van der Waals surface area contributed by atoms with Gasteiger partial charge in [0.25, 0.3) is 0 Å². The van der Waals surface area contributed by atoms with E-state index in [-0.39, 0.29) is 11.8 Å². The third-order valence-electron chi connectivity index (χ3n) is 6.38. The van der Waals surface area contributed by atoms with Crippen LogP contribution in [0.4, 0.5) is 4.79 Å². The van der Waals surface area contributed by atoms with Crippen molar-refractivity contribution in [1.82, 2.24) is 20.0 Å². The average Bonchev–Trinajstić information content (AvgIpc) is 2.84. The lowest BCUT2D eigenvalue weighted by molar-refractivity contribution is 0.126. The molecule has 0 atom stereocenters. The fourth-order valence-corrected chi connectivity index (χ4v) is 4.41. The first-order valence-electron chi connectivity index (χ1n) is 11.7. The van der Waals surface area contributed by atoms with Crippen molar-refractivity contribution in [2.24, 2.45) is 0 Å². The normalized spacial score (nSPS) is 17.8. The number of amides is 2. The molecular weight excluding hydrogens is 400 g/mol. The molecule has 2 heterocycles. The Kier molecular flexibility index (Phi) is 7.80. The van der Waals surface area contributed by atoms with Gasteiger partial charge < -0.3 is 20.2 Å². The molecule has 0 unspecified atom stereocenters. The van der Waals surface area contributed by atoms with Crippen molar-refractivity contribution in [2.45, 2.75) is 19.4 Å². The van der Waals surface area contributed by atoms with Gasteiger partial charge in [-0.2, -0.15) is 0 Å². The molecule has 2 aliphatic heterocycles. The van der Waals surface area contributed by atoms with Crippen LogP contribution in [-0.2, 0) is 6.54 Å². The maximum atomic E-state index is 12.5. The summed E-state index contributed by atoms with van der Waals surface area (Å²) in [7, 11) is 0. The van der Waals surface area contributed by atoms with Crippen LogP contribution < -0.4 is 5.32 Å². The van der Waals surface area contributed by atoms with Crippen molar-refractivity contribution >= 4 is 11.6 Å². The molecule has 0 radical (unpaired) electrons. The molecule has 6 heteroatoms. The summed E-state index contributed by atoms with van der Waals surface area (Å²) < 4.78 is 0. The number of hydrogen-bond acceptors (Lipinski definition) is 4. The van der Waals surface area contributed by atoms with Crippen molar-refractivity contribution in [3.63, 3.8) is 0 Å². The molecule has 2 amide bonds. The molecule has 2 aromatic carbocycles. The van der Waals surface area contributed by atoms with Crippen LogP contribution in [0.2, 0.25) is 0 Å². The summed E-state index contributed by atoms with van der Waals surface area (Å²) in [6.45, 7) is 8.53. The van der Waals surface area contributed by atoms with E-state index in [2.05, 4.69) is 51.5 Å².